The lowest BCUT2D eigenvalue weighted by Crippen LogP contribution is -2.37. The summed E-state index contributed by atoms with van der Waals surface area (Å²) in [6, 6.07) is 3.73. The number of methoxy groups -OCH3 is 1. The predicted molar refractivity (Wildman–Crippen MR) is 107 cm³/mol. The Labute approximate surface area is 163 Å². The molecule has 0 aliphatic heterocycles. The van der Waals surface area contributed by atoms with Crippen molar-refractivity contribution in [1.82, 2.24) is 5.32 Å². The number of alkyl carbamates (subject to hydrolysis) is 1. The molecule has 0 saturated heterocycles. The van der Waals surface area contributed by atoms with E-state index in [2.05, 4.69) is 54.0 Å². The molecule has 0 saturated carbocycles. The number of benzene rings is 1. The average molecular weight is 462 g/mol. The molecule has 0 atom stereocenters. The Morgan fingerprint density at radius 2 is 1.72 bits per heavy atom. The van der Waals surface area contributed by atoms with E-state index in [9.17, 15) is 9.59 Å². The Balaban J connectivity index is 2.81. The van der Waals surface area contributed by atoms with Gasteiger partial charge in [-0.05, 0) is 60.9 Å². The Morgan fingerprint density at radius 1 is 1.12 bits per heavy atom. The smallest absolute Gasteiger partial charge is 0.408 e. The number of carbonyl (C=O) groups excluding carboxylic acids is 2. The molecule has 0 radical (unpaired) electrons. The van der Waals surface area contributed by atoms with Gasteiger partial charge in [0, 0.05) is 11.3 Å². The van der Waals surface area contributed by atoms with Gasteiger partial charge in [0.25, 0.3) is 0 Å². The van der Waals surface area contributed by atoms with Crippen molar-refractivity contribution in [2.24, 2.45) is 0 Å². The van der Waals surface area contributed by atoms with Gasteiger partial charge in [0.2, 0.25) is 5.91 Å². The quantitative estimate of drug-likeness (QED) is 0.662. The summed E-state index contributed by atoms with van der Waals surface area (Å²) in [5.74, 6) is 0.477. The number of amides is 2. The van der Waals surface area contributed by atoms with Crippen molar-refractivity contribution in [3.63, 3.8) is 0 Å². The topological polar surface area (TPSA) is 76.7 Å². The van der Waals surface area contributed by atoms with Gasteiger partial charge in [-0.25, -0.2) is 4.79 Å². The number of carbonyl (C=O) groups is 2. The summed E-state index contributed by atoms with van der Waals surface area (Å²) < 4.78 is 11.5. The molecule has 1 aromatic carbocycles. The van der Waals surface area contributed by atoms with Gasteiger partial charge in [-0.15, -0.1) is 0 Å². The monoisotopic (exact) mass is 462 g/mol. The predicted octanol–water partition coefficient (Wildman–Crippen LogP) is 4.06. The van der Waals surface area contributed by atoms with Crippen molar-refractivity contribution < 1.29 is 19.1 Å². The van der Waals surface area contributed by atoms with E-state index in [1.54, 1.807) is 27.9 Å². The van der Waals surface area contributed by atoms with E-state index in [1.807, 2.05) is 12.1 Å². The third-order valence-electron chi connectivity index (χ3n) is 3.13. The molecule has 2 amide bonds. The van der Waals surface area contributed by atoms with Crippen LogP contribution in [-0.2, 0) is 14.9 Å². The molecule has 1 rings (SSSR count). The number of hydrogen-bond donors (Lipinski definition) is 2. The molecule has 25 heavy (non-hydrogen) atoms. The lowest BCUT2D eigenvalue weighted by atomic mass is 9.86. The minimum Gasteiger partial charge on any atom is -0.495 e. The van der Waals surface area contributed by atoms with E-state index >= 15 is 0 Å². The van der Waals surface area contributed by atoms with Crippen molar-refractivity contribution in [2.45, 2.75) is 52.6 Å². The van der Waals surface area contributed by atoms with Crippen LogP contribution in [0, 0.1) is 3.57 Å². The molecule has 0 fully saturated rings. The highest BCUT2D eigenvalue weighted by Crippen LogP contribution is 2.37. The fourth-order valence-corrected chi connectivity index (χ4v) is 2.95. The van der Waals surface area contributed by atoms with Crippen molar-refractivity contribution in [2.75, 3.05) is 19.0 Å². The summed E-state index contributed by atoms with van der Waals surface area (Å²) in [4.78, 5) is 23.7. The maximum atomic E-state index is 12.1. The SMILES string of the molecule is COc1c(I)cc(NC(=O)CNC(=O)OC(C)(C)C)cc1C(C)(C)C. The maximum absolute atomic E-state index is 12.1. The van der Waals surface area contributed by atoms with Crippen molar-refractivity contribution >= 4 is 40.3 Å². The van der Waals surface area contributed by atoms with E-state index in [0.717, 1.165) is 14.9 Å². The number of hydrogen-bond acceptors (Lipinski definition) is 4. The summed E-state index contributed by atoms with van der Waals surface area (Å²) in [6.45, 7) is 11.4. The summed E-state index contributed by atoms with van der Waals surface area (Å²) in [5.41, 5.74) is 0.915. The van der Waals surface area contributed by atoms with E-state index in [1.165, 1.54) is 0 Å². The standard InChI is InChI=1S/C18H27IN2O4/c1-17(2,3)12-8-11(9-13(19)15(12)24-7)21-14(22)10-20-16(23)25-18(4,5)6/h8-9H,10H2,1-7H3,(H,20,23)(H,21,22). The number of ether oxygens (including phenoxy) is 2. The van der Waals surface area contributed by atoms with Crippen LogP contribution in [0.25, 0.3) is 0 Å². The number of nitrogens with one attached hydrogen (secondary N) is 2. The summed E-state index contributed by atoms with van der Waals surface area (Å²) in [7, 11) is 1.63. The molecule has 0 unspecified atom stereocenters. The fourth-order valence-electron chi connectivity index (χ4n) is 2.10. The Morgan fingerprint density at radius 3 is 2.20 bits per heavy atom. The number of rotatable bonds is 4. The molecule has 0 aromatic heterocycles. The fraction of sp³-hybridized carbons (Fsp3) is 0.556. The average Bonchev–Trinajstić information content (AvgIpc) is 2.41. The zero-order chi connectivity index (χ0) is 19.4. The van der Waals surface area contributed by atoms with Crippen molar-refractivity contribution in [3.8, 4) is 5.75 Å². The second kappa shape index (κ2) is 8.25. The lowest BCUT2D eigenvalue weighted by Gasteiger charge is -2.24. The van der Waals surface area contributed by atoms with Gasteiger partial charge in [-0.2, -0.15) is 0 Å². The third-order valence-corrected chi connectivity index (χ3v) is 3.93. The van der Waals surface area contributed by atoms with Gasteiger partial charge in [0.1, 0.15) is 17.9 Å². The summed E-state index contributed by atoms with van der Waals surface area (Å²) in [6.07, 6.45) is -0.623. The Kier molecular flexibility index (Phi) is 7.10. The highest BCUT2D eigenvalue weighted by Gasteiger charge is 2.22. The third kappa shape index (κ3) is 7.09. The van der Waals surface area contributed by atoms with Crippen LogP contribution in [-0.4, -0.2) is 31.3 Å². The molecule has 0 aliphatic carbocycles. The van der Waals surface area contributed by atoms with Crippen molar-refractivity contribution in [3.05, 3.63) is 21.3 Å². The molecule has 2 N–H and O–H groups in total. The van der Waals surface area contributed by atoms with Crippen LogP contribution in [0.5, 0.6) is 5.75 Å². The molecule has 6 nitrogen and oxygen atoms in total. The number of halogens is 1. The van der Waals surface area contributed by atoms with Crippen LogP contribution >= 0.6 is 22.6 Å². The van der Waals surface area contributed by atoms with E-state index in [0.29, 0.717) is 5.69 Å². The molecule has 140 valence electrons. The van der Waals surface area contributed by atoms with Crippen LogP contribution in [0.4, 0.5) is 10.5 Å². The maximum Gasteiger partial charge on any atom is 0.408 e. The molecule has 7 heteroatoms. The Bertz CT molecular complexity index is 646. The molecule has 0 aliphatic rings. The zero-order valence-corrected chi connectivity index (χ0v) is 18.0. The van der Waals surface area contributed by atoms with Crippen LogP contribution in [0.2, 0.25) is 0 Å². The number of anilines is 1. The van der Waals surface area contributed by atoms with Gasteiger partial charge in [0.05, 0.1) is 10.7 Å². The van der Waals surface area contributed by atoms with E-state index < -0.39 is 11.7 Å². The summed E-state index contributed by atoms with van der Waals surface area (Å²) in [5, 5.41) is 5.24. The largest absolute Gasteiger partial charge is 0.495 e. The first-order valence-corrected chi connectivity index (χ1v) is 9.06. The van der Waals surface area contributed by atoms with Gasteiger partial charge < -0.3 is 20.1 Å². The first kappa shape index (κ1) is 21.5. The van der Waals surface area contributed by atoms with E-state index in [4.69, 9.17) is 9.47 Å². The minimum atomic E-state index is -0.623. The second-order valence-corrected chi connectivity index (χ2v) is 8.85. The van der Waals surface area contributed by atoms with E-state index in [-0.39, 0.29) is 17.9 Å². The lowest BCUT2D eigenvalue weighted by molar-refractivity contribution is -0.115. The first-order chi connectivity index (χ1) is 11.3. The highest BCUT2D eigenvalue weighted by molar-refractivity contribution is 14.1. The first-order valence-electron chi connectivity index (χ1n) is 7.98. The molecule has 0 bridgehead atoms. The van der Waals surface area contributed by atoms with Crippen LogP contribution in [0.3, 0.4) is 0 Å². The molecular weight excluding hydrogens is 435 g/mol. The van der Waals surface area contributed by atoms with Gasteiger partial charge >= 0.3 is 6.09 Å². The van der Waals surface area contributed by atoms with Crippen molar-refractivity contribution in [1.29, 1.82) is 0 Å². The van der Waals surface area contributed by atoms with Crippen LogP contribution < -0.4 is 15.4 Å². The Hall–Kier alpha value is -1.51. The normalized spacial score (nSPS) is 11.7. The van der Waals surface area contributed by atoms with Gasteiger partial charge in [0.15, 0.2) is 0 Å². The molecular formula is C18H27IN2O4. The van der Waals surface area contributed by atoms with Gasteiger partial charge in [-0.1, -0.05) is 20.8 Å². The minimum absolute atomic E-state index is 0.138. The summed E-state index contributed by atoms with van der Waals surface area (Å²) >= 11 is 2.18. The molecule has 1 aromatic rings. The zero-order valence-electron chi connectivity index (χ0n) is 15.9. The highest BCUT2D eigenvalue weighted by atomic mass is 127. The van der Waals surface area contributed by atoms with Gasteiger partial charge in [-0.3, -0.25) is 4.79 Å². The molecule has 0 spiro atoms. The molecule has 0 heterocycles. The van der Waals surface area contributed by atoms with Crippen LogP contribution in [0.15, 0.2) is 12.1 Å². The second-order valence-electron chi connectivity index (χ2n) is 7.69. The van der Waals surface area contributed by atoms with Crippen LogP contribution in [0.1, 0.15) is 47.1 Å².